The third kappa shape index (κ3) is 53.8. The van der Waals surface area contributed by atoms with Gasteiger partial charge in [-0.1, -0.05) is 289 Å². The van der Waals surface area contributed by atoms with Crippen LogP contribution in [0.15, 0.2) is 12.2 Å². The Hall–Kier alpha value is -1.40. The van der Waals surface area contributed by atoms with Crippen LogP contribution in [0.3, 0.4) is 0 Å². The number of carbonyl (C=O) groups is 2. The Bertz CT molecular complexity index is 1000. The van der Waals surface area contributed by atoms with Gasteiger partial charge in [0.15, 0.2) is 0 Å². The number of rotatable bonds is 57. The highest BCUT2D eigenvalue weighted by Gasteiger charge is 2.20. The van der Waals surface area contributed by atoms with E-state index in [2.05, 4.69) is 31.3 Å². The Balaban J connectivity index is 3.42. The summed E-state index contributed by atoms with van der Waals surface area (Å²) in [6, 6.07) is -0.546. The van der Waals surface area contributed by atoms with Crippen LogP contribution in [-0.2, 0) is 14.3 Å². The van der Waals surface area contributed by atoms with Crippen molar-refractivity contribution in [2.75, 3.05) is 13.2 Å². The second-order valence-electron chi connectivity index (χ2n) is 21.0. The third-order valence-corrected chi connectivity index (χ3v) is 14.3. The Morgan fingerprint density at radius 2 is 0.701 bits per heavy atom. The number of aliphatic hydroxyl groups excluding tert-OH is 2. The molecule has 0 saturated carbocycles. The Morgan fingerprint density at radius 1 is 0.403 bits per heavy atom. The van der Waals surface area contributed by atoms with Crippen molar-refractivity contribution in [2.24, 2.45) is 0 Å². The SMILES string of the molecule is CCCCCCCCCCCCCCCCCCCC(O)C(CO)NC(=O)CCCCCCCCC/C=C\CCCCCCCCCCCCCOC(=O)CCCCCCCCCCCCC. The lowest BCUT2D eigenvalue weighted by molar-refractivity contribution is -0.143. The molecule has 67 heavy (non-hydrogen) atoms. The number of esters is 1. The van der Waals surface area contributed by atoms with Crippen LogP contribution in [0.5, 0.6) is 0 Å². The number of ether oxygens (including phenoxy) is 1. The maximum absolute atomic E-state index is 12.5. The molecule has 0 aliphatic rings. The molecule has 2 atom stereocenters. The first kappa shape index (κ1) is 65.6. The van der Waals surface area contributed by atoms with Crippen molar-refractivity contribution >= 4 is 11.9 Å². The fraction of sp³-hybridized carbons (Fsp3) is 0.934. The Morgan fingerprint density at radius 3 is 1.06 bits per heavy atom. The molecule has 0 fully saturated rings. The molecule has 6 nitrogen and oxygen atoms in total. The molecule has 0 aromatic heterocycles. The minimum absolute atomic E-state index is 0.0103. The van der Waals surface area contributed by atoms with Gasteiger partial charge in [-0.25, -0.2) is 0 Å². The second-order valence-corrected chi connectivity index (χ2v) is 21.0. The van der Waals surface area contributed by atoms with Gasteiger partial charge in [0.1, 0.15) is 0 Å². The molecule has 0 aliphatic heterocycles. The molecule has 0 aliphatic carbocycles. The fourth-order valence-corrected chi connectivity index (χ4v) is 9.64. The minimum Gasteiger partial charge on any atom is -0.466 e. The zero-order valence-corrected chi connectivity index (χ0v) is 45.4. The van der Waals surface area contributed by atoms with Crippen LogP contribution in [-0.4, -0.2) is 47.4 Å². The lowest BCUT2D eigenvalue weighted by Gasteiger charge is -2.22. The van der Waals surface area contributed by atoms with Gasteiger partial charge in [-0.2, -0.15) is 0 Å². The molecule has 0 aromatic carbocycles. The van der Waals surface area contributed by atoms with Gasteiger partial charge < -0.3 is 20.3 Å². The highest BCUT2D eigenvalue weighted by molar-refractivity contribution is 5.76. The molecule has 0 aromatic rings. The molecular weight excluding hydrogens is 827 g/mol. The van der Waals surface area contributed by atoms with Gasteiger partial charge in [0.25, 0.3) is 0 Å². The smallest absolute Gasteiger partial charge is 0.305 e. The highest BCUT2D eigenvalue weighted by Crippen LogP contribution is 2.18. The van der Waals surface area contributed by atoms with Crippen LogP contribution in [0.2, 0.25) is 0 Å². The number of aliphatic hydroxyl groups is 2. The number of allylic oxidation sites excluding steroid dienone is 2. The van der Waals surface area contributed by atoms with Crippen LogP contribution in [0.25, 0.3) is 0 Å². The van der Waals surface area contributed by atoms with Gasteiger partial charge in [0.05, 0.1) is 25.4 Å². The van der Waals surface area contributed by atoms with E-state index in [4.69, 9.17) is 4.74 Å². The van der Waals surface area contributed by atoms with Crippen LogP contribution < -0.4 is 5.32 Å². The van der Waals surface area contributed by atoms with E-state index in [1.165, 1.54) is 270 Å². The van der Waals surface area contributed by atoms with Gasteiger partial charge >= 0.3 is 5.97 Å². The monoisotopic (exact) mass is 946 g/mol. The molecule has 2 unspecified atom stereocenters. The molecule has 0 saturated heterocycles. The zero-order chi connectivity index (χ0) is 48.6. The van der Waals surface area contributed by atoms with Crippen molar-refractivity contribution in [1.82, 2.24) is 5.32 Å². The van der Waals surface area contributed by atoms with Crippen molar-refractivity contribution in [3.05, 3.63) is 12.2 Å². The fourth-order valence-electron chi connectivity index (χ4n) is 9.64. The average molecular weight is 947 g/mol. The lowest BCUT2D eigenvalue weighted by Crippen LogP contribution is -2.45. The van der Waals surface area contributed by atoms with E-state index in [1.54, 1.807) is 0 Å². The number of hydrogen-bond acceptors (Lipinski definition) is 5. The molecule has 0 spiro atoms. The van der Waals surface area contributed by atoms with Gasteiger partial charge in [-0.15, -0.1) is 0 Å². The van der Waals surface area contributed by atoms with Crippen LogP contribution in [0.4, 0.5) is 0 Å². The van der Waals surface area contributed by atoms with E-state index < -0.39 is 12.1 Å². The lowest BCUT2D eigenvalue weighted by atomic mass is 10.0. The third-order valence-electron chi connectivity index (χ3n) is 14.3. The molecule has 6 heteroatoms. The second kappa shape index (κ2) is 57.2. The van der Waals surface area contributed by atoms with E-state index in [9.17, 15) is 19.8 Å². The molecule has 3 N–H and O–H groups in total. The van der Waals surface area contributed by atoms with E-state index in [-0.39, 0.29) is 18.5 Å². The molecule has 398 valence electrons. The number of amides is 1. The molecular formula is C61H119NO5. The largest absolute Gasteiger partial charge is 0.466 e. The summed E-state index contributed by atoms with van der Waals surface area (Å²) < 4.78 is 5.46. The number of unbranched alkanes of at least 4 members (excludes halogenated alkanes) is 44. The van der Waals surface area contributed by atoms with Crippen molar-refractivity contribution in [3.63, 3.8) is 0 Å². The summed E-state index contributed by atoms with van der Waals surface area (Å²) >= 11 is 0. The zero-order valence-electron chi connectivity index (χ0n) is 45.4. The first-order valence-electron chi connectivity index (χ1n) is 30.4. The normalized spacial score (nSPS) is 12.6. The van der Waals surface area contributed by atoms with Gasteiger partial charge in [0, 0.05) is 12.8 Å². The molecule has 0 heterocycles. The molecule has 1 amide bonds. The van der Waals surface area contributed by atoms with Crippen LogP contribution in [0.1, 0.15) is 341 Å². The van der Waals surface area contributed by atoms with Crippen LogP contribution in [0, 0.1) is 0 Å². The summed E-state index contributed by atoms with van der Waals surface area (Å²) in [5.74, 6) is -0.0288. The summed E-state index contributed by atoms with van der Waals surface area (Å²) in [5, 5.41) is 23.3. The predicted molar refractivity (Wildman–Crippen MR) is 292 cm³/mol. The van der Waals surface area contributed by atoms with E-state index in [0.717, 1.165) is 38.5 Å². The summed E-state index contributed by atoms with van der Waals surface area (Å²) in [6.45, 7) is 4.97. The maximum atomic E-state index is 12.5. The minimum atomic E-state index is -0.668. The quantitative estimate of drug-likeness (QED) is 0.0321. The van der Waals surface area contributed by atoms with E-state index >= 15 is 0 Å². The molecule has 0 bridgehead atoms. The standard InChI is InChI=1S/C61H119NO5/c1-3-5-7-9-11-13-15-16-17-24-27-30-34-37-41-45-49-53-59(64)58(57-63)62-60(65)54-50-46-42-38-35-31-28-25-22-20-18-19-21-23-26-29-32-36-40-44-48-52-56-67-61(66)55-51-47-43-39-33-14-12-10-8-6-4-2/h20,22,58-59,63-64H,3-19,21,23-57H2,1-2H3,(H,62,65)/b22-20-. The Labute approximate surface area is 419 Å². The summed E-state index contributed by atoms with van der Waals surface area (Å²) in [7, 11) is 0. The molecule has 0 radical (unpaired) electrons. The van der Waals surface area contributed by atoms with Crippen molar-refractivity contribution < 1.29 is 24.5 Å². The van der Waals surface area contributed by atoms with Gasteiger partial charge in [-0.05, 0) is 51.4 Å². The van der Waals surface area contributed by atoms with Crippen molar-refractivity contribution in [3.8, 4) is 0 Å². The first-order valence-corrected chi connectivity index (χ1v) is 30.4. The Kier molecular flexibility index (Phi) is 56.0. The van der Waals surface area contributed by atoms with Crippen molar-refractivity contribution in [2.45, 2.75) is 353 Å². The van der Waals surface area contributed by atoms with Crippen molar-refractivity contribution in [1.29, 1.82) is 0 Å². The number of hydrogen-bond donors (Lipinski definition) is 3. The van der Waals surface area contributed by atoms with E-state index in [0.29, 0.717) is 25.9 Å². The van der Waals surface area contributed by atoms with Gasteiger partial charge in [0.2, 0.25) is 5.91 Å². The number of nitrogens with one attached hydrogen (secondary N) is 1. The first-order chi connectivity index (χ1) is 33.0. The predicted octanol–water partition coefficient (Wildman–Crippen LogP) is 18.9. The maximum Gasteiger partial charge on any atom is 0.305 e. The van der Waals surface area contributed by atoms with E-state index in [1.807, 2.05) is 0 Å². The van der Waals surface area contributed by atoms with Crippen LogP contribution >= 0.6 is 0 Å². The number of carbonyl (C=O) groups excluding carboxylic acids is 2. The summed E-state index contributed by atoms with van der Waals surface area (Å²) in [6.07, 6.45) is 67.8. The van der Waals surface area contributed by atoms with Gasteiger partial charge in [-0.3, -0.25) is 9.59 Å². The average Bonchev–Trinajstić information content (AvgIpc) is 3.33. The highest BCUT2D eigenvalue weighted by atomic mass is 16.5. The summed E-state index contributed by atoms with van der Waals surface area (Å²) in [5.41, 5.74) is 0. The summed E-state index contributed by atoms with van der Waals surface area (Å²) in [4.78, 5) is 24.5. The topological polar surface area (TPSA) is 95.9 Å². The molecule has 0 rings (SSSR count).